The summed E-state index contributed by atoms with van der Waals surface area (Å²) in [6.07, 6.45) is 0.205. The Labute approximate surface area is 286 Å². The van der Waals surface area contributed by atoms with Gasteiger partial charge in [0.25, 0.3) is 5.91 Å². The Kier molecular flexibility index (Phi) is 10.7. The van der Waals surface area contributed by atoms with E-state index in [0.717, 1.165) is 0 Å². The number of benzene rings is 3. The second kappa shape index (κ2) is 14.1. The number of nitrogens with zero attached hydrogens (tertiary/aromatic N) is 1. The topological polar surface area (TPSA) is 145 Å². The van der Waals surface area contributed by atoms with Crippen LogP contribution in [-0.4, -0.2) is 57.3 Å². The molecule has 0 bridgehead atoms. The fraction of sp³-hybridized carbons (Fsp3) is 0.405. The molecule has 3 atom stereocenters. The van der Waals surface area contributed by atoms with Gasteiger partial charge in [0.15, 0.2) is 6.04 Å². The Morgan fingerprint density at radius 3 is 2.06 bits per heavy atom. The normalized spacial score (nSPS) is 19.2. The number of nitrogens with two attached hydrogens (primary N) is 1. The Balaban J connectivity index is 1.82. The van der Waals surface area contributed by atoms with E-state index >= 15 is 4.79 Å². The van der Waals surface area contributed by atoms with Gasteiger partial charge in [0.2, 0.25) is 5.60 Å². The zero-order valence-electron chi connectivity index (χ0n) is 28.3. The second-order valence-corrected chi connectivity index (χ2v) is 14.6. The molecule has 3 aromatic carbocycles. The standard InChI is InChI=1S/C37H44ClN3O7/c1-35(2,3)47-32(43)24-14-17-28(18-15-24)37(46,27-11-8-7-9-12-27)33(44)41(20-10-13-30(41)31(39)42)23-26-21-29(38)19-16-25(26)22-40-34(45)48-36(4,5)6/h7-9,11-12,14-19,21,30,46H,10,13,20,22-23H2,1-6H3,(H2-,39,40,42,45)/p+1/t30-,37?,41?/m0/s1. The first-order chi connectivity index (χ1) is 22.4. The van der Waals surface area contributed by atoms with E-state index in [4.69, 9.17) is 26.8 Å². The number of carbonyl (C=O) groups excluding carboxylic acids is 4. The number of primary amides is 1. The van der Waals surface area contributed by atoms with Crippen molar-refractivity contribution in [3.63, 3.8) is 0 Å². The summed E-state index contributed by atoms with van der Waals surface area (Å²) >= 11 is 6.46. The molecule has 256 valence electrons. The summed E-state index contributed by atoms with van der Waals surface area (Å²) in [4.78, 5) is 53.6. The number of hydrogen-bond acceptors (Lipinski definition) is 7. The molecule has 10 nitrogen and oxygen atoms in total. The van der Waals surface area contributed by atoms with Crippen LogP contribution in [0, 0.1) is 0 Å². The molecule has 1 aliphatic rings. The first-order valence-corrected chi connectivity index (χ1v) is 16.3. The Morgan fingerprint density at radius 1 is 0.875 bits per heavy atom. The summed E-state index contributed by atoms with van der Waals surface area (Å²) in [5.74, 6) is -1.88. The van der Waals surface area contributed by atoms with Crippen LogP contribution in [0.1, 0.15) is 87.0 Å². The van der Waals surface area contributed by atoms with Crippen molar-refractivity contribution in [1.82, 2.24) is 5.32 Å². The summed E-state index contributed by atoms with van der Waals surface area (Å²) in [6, 6.07) is 18.6. The first-order valence-electron chi connectivity index (χ1n) is 15.9. The van der Waals surface area contributed by atoms with E-state index in [1.165, 1.54) is 24.3 Å². The van der Waals surface area contributed by atoms with Gasteiger partial charge in [-0.1, -0.05) is 60.1 Å². The summed E-state index contributed by atoms with van der Waals surface area (Å²) in [5.41, 5.74) is 4.29. The number of aliphatic hydroxyl groups is 1. The number of amides is 3. The minimum atomic E-state index is -2.25. The first kappa shape index (κ1) is 36.6. The van der Waals surface area contributed by atoms with Crippen molar-refractivity contribution in [3.8, 4) is 0 Å². The van der Waals surface area contributed by atoms with Crippen molar-refractivity contribution in [3.05, 3.63) is 106 Å². The molecule has 3 amide bonds. The molecule has 0 aliphatic carbocycles. The van der Waals surface area contributed by atoms with Crippen molar-refractivity contribution < 1.29 is 38.2 Å². The van der Waals surface area contributed by atoms with Crippen molar-refractivity contribution in [2.24, 2.45) is 5.73 Å². The smallest absolute Gasteiger partial charge is 0.407 e. The maximum Gasteiger partial charge on any atom is 0.407 e. The number of likely N-dealkylation sites (tertiary alicyclic amines) is 1. The van der Waals surface area contributed by atoms with E-state index in [2.05, 4.69) is 5.32 Å². The number of alkyl carbamates (subject to hydrolysis) is 1. The van der Waals surface area contributed by atoms with E-state index < -0.39 is 51.2 Å². The van der Waals surface area contributed by atoms with E-state index in [-0.39, 0.29) is 36.3 Å². The molecule has 0 radical (unpaired) electrons. The third-order valence-electron chi connectivity index (χ3n) is 8.25. The molecule has 3 aromatic rings. The molecule has 1 heterocycles. The lowest BCUT2D eigenvalue weighted by Crippen LogP contribution is -2.65. The highest BCUT2D eigenvalue weighted by Crippen LogP contribution is 2.41. The van der Waals surface area contributed by atoms with Crippen LogP contribution >= 0.6 is 11.6 Å². The van der Waals surface area contributed by atoms with Gasteiger partial charge in [-0.05, 0) is 71.4 Å². The van der Waals surface area contributed by atoms with Gasteiger partial charge in [-0.15, -0.1) is 0 Å². The number of carbonyl (C=O) groups is 4. The molecular weight excluding hydrogens is 634 g/mol. The van der Waals surface area contributed by atoms with Gasteiger partial charge < -0.3 is 25.6 Å². The molecule has 0 saturated carbocycles. The van der Waals surface area contributed by atoms with Crippen LogP contribution in [-0.2, 0) is 37.8 Å². The summed E-state index contributed by atoms with van der Waals surface area (Å²) in [5, 5.41) is 15.9. The predicted octanol–water partition coefficient (Wildman–Crippen LogP) is 5.75. The largest absolute Gasteiger partial charge is 0.456 e. The van der Waals surface area contributed by atoms with Gasteiger partial charge in [-0.2, -0.15) is 0 Å². The number of ether oxygens (including phenoxy) is 2. The summed E-state index contributed by atoms with van der Waals surface area (Å²) < 4.78 is 10.4. The average Bonchev–Trinajstić information content (AvgIpc) is 3.43. The van der Waals surface area contributed by atoms with Crippen molar-refractivity contribution in [2.75, 3.05) is 6.54 Å². The quantitative estimate of drug-likeness (QED) is 0.193. The Hall–Kier alpha value is -4.25. The van der Waals surface area contributed by atoms with Gasteiger partial charge in [0.05, 0.1) is 12.1 Å². The lowest BCUT2D eigenvalue weighted by atomic mass is 9.83. The molecule has 0 aromatic heterocycles. The molecule has 1 aliphatic heterocycles. The molecule has 11 heteroatoms. The van der Waals surface area contributed by atoms with Gasteiger partial charge in [0, 0.05) is 41.1 Å². The lowest BCUT2D eigenvalue weighted by molar-refractivity contribution is -0.873. The zero-order chi connectivity index (χ0) is 35.5. The highest BCUT2D eigenvalue weighted by Gasteiger charge is 2.59. The summed E-state index contributed by atoms with van der Waals surface area (Å²) in [6.45, 7) is 10.8. The number of esters is 1. The Bertz CT molecular complexity index is 1660. The summed E-state index contributed by atoms with van der Waals surface area (Å²) in [7, 11) is 0. The maximum atomic E-state index is 15.2. The van der Waals surface area contributed by atoms with Crippen LogP contribution in [0.2, 0.25) is 5.02 Å². The third-order valence-corrected chi connectivity index (χ3v) is 8.48. The predicted molar refractivity (Wildman–Crippen MR) is 182 cm³/mol. The Morgan fingerprint density at radius 2 is 1.48 bits per heavy atom. The number of hydrogen-bond donors (Lipinski definition) is 3. The van der Waals surface area contributed by atoms with E-state index in [1.807, 2.05) is 0 Å². The SMILES string of the molecule is CC(C)(C)OC(=O)NCc1ccc(Cl)cc1C[N+]1(C(=O)C(O)(c2ccccc2)c2ccc(C(=O)OC(C)(C)C)cc2)CCC[C@H]1C(N)=O. The zero-order valence-corrected chi connectivity index (χ0v) is 29.1. The van der Waals surface area contributed by atoms with E-state index in [9.17, 15) is 19.5 Å². The molecular formula is C37H45ClN3O7+. The van der Waals surface area contributed by atoms with E-state index in [1.54, 1.807) is 90.1 Å². The van der Waals surface area contributed by atoms with Gasteiger partial charge in [0.1, 0.15) is 17.7 Å². The average molecular weight is 679 g/mol. The molecule has 1 fully saturated rings. The molecule has 48 heavy (non-hydrogen) atoms. The van der Waals surface area contributed by atoms with E-state index in [0.29, 0.717) is 29.0 Å². The fourth-order valence-electron chi connectivity index (χ4n) is 6.16. The van der Waals surface area contributed by atoms with Gasteiger partial charge >= 0.3 is 18.0 Å². The maximum absolute atomic E-state index is 15.2. The van der Waals surface area contributed by atoms with Crippen LogP contribution in [0.3, 0.4) is 0 Å². The lowest BCUT2D eigenvalue weighted by Gasteiger charge is -2.42. The third kappa shape index (κ3) is 8.24. The minimum Gasteiger partial charge on any atom is -0.456 e. The fourth-order valence-corrected chi connectivity index (χ4v) is 6.35. The molecule has 0 spiro atoms. The van der Waals surface area contributed by atoms with Gasteiger partial charge in [-0.3, -0.25) is 4.79 Å². The van der Waals surface area contributed by atoms with Crippen molar-refractivity contribution >= 4 is 35.5 Å². The van der Waals surface area contributed by atoms with Crippen molar-refractivity contribution in [1.29, 1.82) is 0 Å². The molecule has 4 N–H and O–H groups in total. The van der Waals surface area contributed by atoms with Crippen LogP contribution in [0.15, 0.2) is 72.8 Å². The number of halogens is 1. The highest BCUT2D eigenvalue weighted by atomic mass is 35.5. The number of quaternary nitrogens is 1. The number of nitrogens with one attached hydrogen (secondary N) is 1. The van der Waals surface area contributed by atoms with Crippen LogP contribution < -0.4 is 11.1 Å². The monoisotopic (exact) mass is 678 g/mol. The van der Waals surface area contributed by atoms with Gasteiger partial charge in [-0.25, -0.2) is 18.9 Å². The van der Waals surface area contributed by atoms with Crippen molar-refractivity contribution in [2.45, 2.75) is 90.3 Å². The number of rotatable bonds is 9. The van der Waals surface area contributed by atoms with Crippen LogP contribution in [0.4, 0.5) is 4.79 Å². The molecule has 2 unspecified atom stereocenters. The highest BCUT2D eigenvalue weighted by molar-refractivity contribution is 6.30. The second-order valence-electron chi connectivity index (χ2n) is 14.2. The van der Waals surface area contributed by atoms with Crippen LogP contribution in [0.5, 0.6) is 0 Å². The molecule has 1 saturated heterocycles. The minimum absolute atomic E-state index is 0.0382. The molecule has 4 rings (SSSR count). The van der Waals surface area contributed by atoms with Crippen LogP contribution in [0.25, 0.3) is 0 Å².